The van der Waals surface area contributed by atoms with Gasteiger partial charge in [0.05, 0.1) is 0 Å². The molecule has 0 bridgehead atoms. The molecule has 0 aromatic carbocycles. The van der Waals surface area contributed by atoms with Gasteiger partial charge in [-0.3, -0.25) is 9.59 Å². The van der Waals surface area contributed by atoms with Gasteiger partial charge < -0.3 is 5.32 Å². The molecule has 19 heavy (non-hydrogen) atoms. The van der Waals surface area contributed by atoms with Crippen LogP contribution in [0.15, 0.2) is 0 Å². The molecule has 0 aromatic heterocycles. The predicted molar refractivity (Wildman–Crippen MR) is 80.0 cm³/mol. The molecule has 0 saturated heterocycles. The van der Waals surface area contributed by atoms with E-state index in [1.165, 1.54) is 0 Å². The van der Waals surface area contributed by atoms with Crippen LogP contribution < -0.4 is 5.32 Å². The van der Waals surface area contributed by atoms with Crippen molar-refractivity contribution < 1.29 is 9.59 Å². The summed E-state index contributed by atoms with van der Waals surface area (Å²) in [4.78, 5) is 22.8. The molecule has 0 fully saturated rings. The van der Waals surface area contributed by atoms with Gasteiger partial charge in [0.25, 0.3) is 0 Å². The number of rotatable bonds is 11. The van der Waals surface area contributed by atoms with Crippen molar-refractivity contribution in [3.05, 3.63) is 0 Å². The number of amides is 1. The van der Waals surface area contributed by atoms with Gasteiger partial charge in [0, 0.05) is 25.3 Å². The normalized spacial score (nSPS) is 11.1. The fraction of sp³-hybridized carbons (Fsp3) is 0.875. The maximum Gasteiger partial charge on any atom is 0.220 e. The first-order chi connectivity index (χ1) is 8.93. The molecule has 0 atom stereocenters. The van der Waals surface area contributed by atoms with Crippen molar-refractivity contribution in [3.8, 4) is 0 Å². The van der Waals surface area contributed by atoms with Crippen molar-refractivity contribution in [1.29, 1.82) is 0 Å². The molecule has 3 heteroatoms. The smallest absolute Gasteiger partial charge is 0.220 e. The SMILES string of the molecule is CC(C)CNC(=O)CCCCCCCC(=O)C(C)C. The van der Waals surface area contributed by atoms with Gasteiger partial charge in [-0.15, -0.1) is 0 Å². The molecule has 0 unspecified atom stereocenters. The van der Waals surface area contributed by atoms with Crippen molar-refractivity contribution in [2.45, 2.75) is 72.6 Å². The number of hydrogen-bond acceptors (Lipinski definition) is 2. The second-order valence-corrected chi connectivity index (χ2v) is 6.09. The highest BCUT2D eigenvalue weighted by Gasteiger charge is 2.06. The second-order valence-electron chi connectivity index (χ2n) is 6.09. The summed E-state index contributed by atoms with van der Waals surface area (Å²) in [5, 5.41) is 2.93. The summed E-state index contributed by atoms with van der Waals surface area (Å²) in [6.45, 7) is 8.88. The summed E-state index contributed by atoms with van der Waals surface area (Å²) in [7, 11) is 0. The lowest BCUT2D eigenvalue weighted by atomic mass is 10.0. The first-order valence-electron chi connectivity index (χ1n) is 7.73. The topological polar surface area (TPSA) is 46.2 Å². The third kappa shape index (κ3) is 11.9. The van der Waals surface area contributed by atoms with Crippen LogP contribution in [0.25, 0.3) is 0 Å². The Morgan fingerprint density at radius 3 is 1.89 bits per heavy atom. The summed E-state index contributed by atoms with van der Waals surface area (Å²) in [6.07, 6.45) is 6.63. The minimum Gasteiger partial charge on any atom is -0.356 e. The lowest BCUT2D eigenvalue weighted by Gasteiger charge is -2.07. The molecule has 0 aliphatic carbocycles. The molecular formula is C16H31NO2. The van der Waals surface area contributed by atoms with Crippen molar-refractivity contribution in [2.24, 2.45) is 11.8 Å². The largest absolute Gasteiger partial charge is 0.356 e. The van der Waals surface area contributed by atoms with Gasteiger partial charge in [0.1, 0.15) is 5.78 Å². The van der Waals surface area contributed by atoms with Crippen LogP contribution in [0.1, 0.15) is 72.6 Å². The van der Waals surface area contributed by atoms with E-state index in [1.807, 2.05) is 13.8 Å². The van der Waals surface area contributed by atoms with Crippen molar-refractivity contribution in [3.63, 3.8) is 0 Å². The van der Waals surface area contributed by atoms with E-state index < -0.39 is 0 Å². The number of unbranched alkanes of at least 4 members (excludes halogenated alkanes) is 4. The number of ketones is 1. The van der Waals surface area contributed by atoms with Crippen LogP contribution in [0.4, 0.5) is 0 Å². The first kappa shape index (κ1) is 18.1. The molecule has 0 aromatic rings. The Morgan fingerprint density at radius 2 is 1.37 bits per heavy atom. The summed E-state index contributed by atoms with van der Waals surface area (Å²) in [5.41, 5.74) is 0. The number of carbonyl (C=O) groups is 2. The van der Waals surface area contributed by atoms with E-state index in [4.69, 9.17) is 0 Å². The van der Waals surface area contributed by atoms with Crippen LogP contribution in [0.5, 0.6) is 0 Å². The van der Waals surface area contributed by atoms with Crippen LogP contribution >= 0.6 is 0 Å². The summed E-state index contributed by atoms with van der Waals surface area (Å²) in [5.74, 6) is 1.23. The quantitative estimate of drug-likeness (QED) is 0.581. The summed E-state index contributed by atoms with van der Waals surface area (Å²) >= 11 is 0. The van der Waals surface area contributed by atoms with Crippen molar-refractivity contribution >= 4 is 11.7 Å². The zero-order valence-corrected chi connectivity index (χ0v) is 13.1. The summed E-state index contributed by atoms with van der Waals surface area (Å²) < 4.78 is 0. The van der Waals surface area contributed by atoms with E-state index in [0.29, 0.717) is 24.5 Å². The van der Waals surface area contributed by atoms with Gasteiger partial charge in [-0.05, 0) is 18.8 Å². The van der Waals surface area contributed by atoms with E-state index in [9.17, 15) is 9.59 Å². The molecule has 0 radical (unpaired) electrons. The average Bonchev–Trinajstić information content (AvgIpc) is 2.34. The predicted octanol–water partition coefficient (Wildman–Crippen LogP) is 3.71. The Hall–Kier alpha value is -0.860. The summed E-state index contributed by atoms with van der Waals surface area (Å²) in [6, 6.07) is 0. The van der Waals surface area contributed by atoms with Gasteiger partial charge >= 0.3 is 0 Å². The van der Waals surface area contributed by atoms with Gasteiger partial charge in [0.15, 0.2) is 0 Å². The molecule has 3 nitrogen and oxygen atoms in total. The van der Waals surface area contributed by atoms with Crippen LogP contribution in [0.2, 0.25) is 0 Å². The first-order valence-corrected chi connectivity index (χ1v) is 7.73. The third-order valence-corrected chi connectivity index (χ3v) is 3.18. The van der Waals surface area contributed by atoms with Crippen molar-refractivity contribution in [1.82, 2.24) is 5.32 Å². The molecule has 1 N–H and O–H groups in total. The number of Topliss-reactive ketones (excluding diaryl/α,β-unsaturated/α-hetero) is 1. The minimum absolute atomic E-state index is 0.170. The standard InChI is InChI=1S/C16H31NO2/c1-13(2)12-17-16(19)11-9-7-5-6-8-10-15(18)14(3)4/h13-14H,5-12H2,1-4H3,(H,17,19). The lowest BCUT2D eigenvalue weighted by molar-refractivity contribution is -0.122. The van der Waals surface area contributed by atoms with Crippen LogP contribution in [-0.4, -0.2) is 18.2 Å². The van der Waals surface area contributed by atoms with Gasteiger partial charge in [-0.2, -0.15) is 0 Å². The van der Waals surface area contributed by atoms with E-state index in [1.54, 1.807) is 0 Å². The number of hydrogen-bond donors (Lipinski definition) is 1. The van der Waals surface area contributed by atoms with E-state index in [2.05, 4.69) is 19.2 Å². The molecule has 0 aliphatic heterocycles. The Kier molecular flexibility index (Phi) is 10.5. The Labute approximate surface area is 118 Å². The molecule has 0 heterocycles. The lowest BCUT2D eigenvalue weighted by Crippen LogP contribution is -2.26. The Bertz CT molecular complexity index is 259. The van der Waals surface area contributed by atoms with E-state index in [-0.39, 0.29) is 11.8 Å². The fourth-order valence-corrected chi connectivity index (χ4v) is 1.81. The molecule has 1 amide bonds. The van der Waals surface area contributed by atoms with E-state index >= 15 is 0 Å². The second kappa shape index (κ2) is 11.0. The highest BCUT2D eigenvalue weighted by molar-refractivity contribution is 5.80. The monoisotopic (exact) mass is 269 g/mol. The zero-order chi connectivity index (χ0) is 14.7. The molecule has 112 valence electrons. The molecular weight excluding hydrogens is 238 g/mol. The van der Waals surface area contributed by atoms with E-state index in [0.717, 1.165) is 38.6 Å². The maximum absolute atomic E-state index is 11.4. The van der Waals surface area contributed by atoms with Gasteiger partial charge in [-0.1, -0.05) is 47.0 Å². The Balaban J connectivity index is 3.31. The average molecular weight is 269 g/mol. The van der Waals surface area contributed by atoms with Crippen LogP contribution in [0, 0.1) is 11.8 Å². The minimum atomic E-state index is 0.170. The fourth-order valence-electron chi connectivity index (χ4n) is 1.81. The zero-order valence-electron chi connectivity index (χ0n) is 13.1. The Morgan fingerprint density at radius 1 is 0.842 bits per heavy atom. The molecule has 0 spiro atoms. The van der Waals surface area contributed by atoms with Crippen LogP contribution in [-0.2, 0) is 9.59 Å². The van der Waals surface area contributed by atoms with Gasteiger partial charge in [0.2, 0.25) is 5.91 Å². The molecule has 0 saturated carbocycles. The third-order valence-electron chi connectivity index (χ3n) is 3.18. The molecule has 0 rings (SSSR count). The number of nitrogens with one attached hydrogen (secondary N) is 1. The van der Waals surface area contributed by atoms with Crippen LogP contribution in [0.3, 0.4) is 0 Å². The number of carbonyl (C=O) groups excluding carboxylic acids is 2. The van der Waals surface area contributed by atoms with Gasteiger partial charge in [-0.25, -0.2) is 0 Å². The highest BCUT2D eigenvalue weighted by Crippen LogP contribution is 2.09. The van der Waals surface area contributed by atoms with Crippen molar-refractivity contribution in [2.75, 3.05) is 6.54 Å². The maximum atomic E-state index is 11.4. The highest BCUT2D eigenvalue weighted by atomic mass is 16.1. The molecule has 0 aliphatic rings.